The molecule has 0 saturated carbocycles. The summed E-state index contributed by atoms with van der Waals surface area (Å²) in [5.74, 6) is 0. The lowest BCUT2D eigenvalue weighted by Gasteiger charge is -2.12. The predicted octanol–water partition coefficient (Wildman–Crippen LogP) is 9.17. The topological polar surface area (TPSA) is 38.9 Å². The molecule has 0 atom stereocenters. The minimum atomic E-state index is 0.896. The summed E-state index contributed by atoms with van der Waals surface area (Å²) in [6, 6.07) is 39.9. The number of hydrogen-bond donors (Lipinski definition) is 0. The highest BCUT2D eigenvalue weighted by atomic mass is 16.3. The predicted molar refractivity (Wildman–Crippen MR) is 153 cm³/mol. The lowest BCUT2D eigenvalue weighted by atomic mass is 9.97. The van der Waals surface area contributed by atoms with Crippen LogP contribution in [-0.4, -0.2) is 9.97 Å². The van der Waals surface area contributed by atoms with Crippen molar-refractivity contribution in [2.24, 2.45) is 0 Å². The Hall–Kier alpha value is -5.02. The van der Waals surface area contributed by atoms with Crippen LogP contribution < -0.4 is 0 Å². The molecule has 3 nitrogen and oxygen atoms in total. The van der Waals surface area contributed by atoms with Crippen LogP contribution in [0.25, 0.3) is 76.9 Å². The van der Waals surface area contributed by atoms with Crippen molar-refractivity contribution in [1.82, 2.24) is 9.97 Å². The molecular formula is C34H20N2O. The molecule has 0 unspecified atom stereocenters. The third-order valence-corrected chi connectivity index (χ3v) is 7.30. The molecule has 0 aliphatic heterocycles. The molecule has 5 aromatic carbocycles. The summed E-state index contributed by atoms with van der Waals surface area (Å²) >= 11 is 0. The van der Waals surface area contributed by atoms with Crippen molar-refractivity contribution >= 4 is 54.5 Å². The van der Waals surface area contributed by atoms with Gasteiger partial charge in [0.15, 0.2) is 0 Å². The third-order valence-electron chi connectivity index (χ3n) is 7.30. The molecule has 0 amide bonds. The molecule has 3 heteroatoms. The number of pyridine rings is 2. The maximum absolute atomic E-state index is 6.28. The highest BCUT2D eigenvalue weighted by Crippen LogP contribution is 2.38. The first-order valence-corrected chi connectivity index (χ1v) is 12.4. The van der Waals surface area contributed by atoms with Crippen molar-refractivity contribution in [3.05, 3.63) is 121 Å². The maximum Gasteiger partial charge on any atom is 0.143 e. The summed E-state index contributed by atoms with van der Waals surface area (Å²) in [6.45, 7) is 0. The Morgan fingerprint density at radius 1 is 0.541 bits per heavy atom. The first-order valence-electron chi connectivity index (χ1n) is 12.4. The van der Waals surface area contributed by atoms with Gasteiger partial charge in [-0.15, -0.1) is 0 Å². The third kappa shape index (κ3) is 3.01. The second-order valence-corrected chi connectivity index (χ2v) is 9.40. The average Bonchev–Trinajstić information content (AvgIpc) is 3.35. The maximum atomic E-state index is 6.28. The van der Waals surface area contributed by atoms with Crippen molar-refractivity contribution in [2.75, 3.05) is 0 Å². The number of hydrogen-bond acceptors (Lipinski definition) is 3. The van der Waals surface area contributed by atoms with Crippen LogP contribution in [0.3, 0.4) is 0 Å². The monoisotopic (exact) mass is 472 g/mol. The van der Waals surface area contributed by atoms with Crippen molar-refractivity contribution in [3.63, 3.8) is 0 Å². The van der Waals surface area contributed by atoms with E-state index in [-0.39, 0.29) is 0 Å². The second-order valence-electron chi connectivity index (χ2n) is 9.40. The molecule has 0 N–H and O–H groups in total. The van der Waals surface area contributed by atoms with Gasteiger partial charge < -0.3 is 4.42 Å². The van der Waals surface area contributed by atoms with Crippen molar-refractivity contribution in [1.29, 1.82) is 0 Å². The molecule has 8 aromatic rings. The molecule has 3 aromatic heterocycles. The van der Waals surface area contributed by atoms with Crippen LogP contribution in [0.5, 0.6) is 0 Å². The van der Waals surface area contributed by atoms with Gasteiger partial charge in [-0.05, 0) is 23.1 Å². The number of rotatable bonds is 2. The fraction of sp³-hybridized carbons (Fsp3) is 0. The van der Waals surface area contributed by atoms with E-state index in [4.69, 9.17) is 14.4 Å². The fourth-order valence-corrected chi connectivity index (χ4v) is 5.56. The largest absolute Gasteiger partial charge is 0.455 e. The Morgan fingerprint density at radius 2 is 1.24 bits per heavy atom. The summed E-state index contributed by atoms with van der Waals surface area (Å²) in [5, 5.41) is 6.87. The second kappa shape index (κ2) is 7.74. The molecule has 0 aliphatic carbocycles. The Bertz CT molecular complexity index is 2120. The molecular weight excluding hydrogens is 452 g/mol. The summed E-state index contributed by atoms with van der Waals surface area (Å²) in [4.78, 5) is 9.98. The molecule has 0 aliphatic rings. The van der Waals surface area contributed by atoms with Crippen LogP contribution in [0.15, 0.2) is 126 Å². The normalized spacial score (nSPS) is 11.8. The Kier molecular flexibility index (Phi) is 4.23. The van der Waals surface area contributed by atoms with E-state index in [1.54, 1.807) is 0 Å². The molecule has 0 bridgehead atoms. The lowest BCUT2D eigenvalue weighted by molar-refractivity contribution is 0.670. The van der Waals surface area contributed by atoms with Gasteiger partial charge >= 0.3 is 0 Å². The zero-order valence-corrected chi connectivity index (χ0v) is 19.8. The first-order chi connectivity index (χ1) is 18.3. The summed E-state index contributed by atoms with van der Waals surface area (Å²) in [7, 11) is 0. The van der Waals surface area contributed by atoms with E-state index in [0.717, 1.165) is 71.5 Å². The summed E-state index contributed by atoms with van der Waals surface area (Å²) < 4.78 is 6.28. The van der Waals surface area contributed by atoms with E-state index in [9.17, 15) is 0 Å². The number of fused-ring (bicyclic) bond motifs is 8. The highest BCUT2D eigenvalue weighted by Gasteiger charge is 2.15. The molecule has 3 heterocycles. The number of nitrogens with zero attached hydrogens (tertiary/aromatic N) is 2. The van der Waals surface area contributed by atoms with E-state index in [0.29, 0.717) is 0 Å². The first kappa shape index (κ1) is 20.2. The van der Waals surface area contributed by atoms with Gasteiger partial charge in [-0.1, -0.05) is 103 Å². The molecule has 0 spiro atoms. The van der Waals surface area contributed by atoms with Crippen molar-refractivity contribution < 1.29 is 4.42 Å². The van der Waals surface area contributed by atoms with Gasteiger partial charge in [-0.3, -0.25) is 4.98 Å². The van der Waals surface area contributed by atoms with E-state index in [1.807, 2.05) is 24.4 Å². The van der Waals surface area contributed by atoms with E-state index in [1.165, 1.54) is 5.39 Å². The van der Waals surface area contributed by atoms with Gasteiger partial charge in [-0.25, -0.2) is 4.98 Å². The van der Waals surface area contributed by atoms with Gasteiger partial charge in [0.2, 0.25) is 0 Å². The van der Waals surface area contributed by atoms with Gasteiger partial charge in [0.1, 0.15) is 11.2 Å². The molecule has 0 saturated heterocycles. The van der Waals surface area contributed by atoms with Crippen LogP contribution in [0.1, 0.15) is 0 Å². The molecule has 0 radical (unpaired) electrons. The van der Waals surface area contributed by atoms with Crippen LogP contribution in [0, 0.1) is 0 Å². The summed E-state index contributed by atoms with van der Waals surface area (Å²) in [6.07, 6.45) is 1.95. The lowest BCUT2D eigenvalue weighted by Crippen LogP contribution is -1.93. The molecule has 37 heavy (non-hydrogen) atoms. The number of aromatic nitrogens is 2. The van der Waals surface area contributed by atoms with Gasteiger partial charge in [-0.2, -0.15) is 0 Å². The Labute approximate surface area is 212 Å². The van der Waals surface area contributed by atoms with E-state index < -0.39 is 0 Å². The van der Waals surface area contributed by atoms with Gasteiger partial charge in [0.05, 0.1) is 16.7 Å². The van der Waals surface area contributed by atoms with Crippen LogP contribution in [0.4, 0.5) is 0 Å². The molecule has 8 rings (SSSR count). The zero-order valence-electron chi connectivity index (χ0n) is 19.8. The number of furan rings is 1. The fourth-order valence-electron chi connectivity index (χ4n) is 5.56. The SMILES string of the molecule is c1ccc2c(c1)cnc1c(-c3ccc(-c4cccc5c4oc4ccccc45)cc3)nc3ccccc3c12. The molecule has 172 valence electrons. The minimum absolute atomic E-state index is 0.896. The van der Waals surface area contributed by atoms with Gasteiger partial charge in [0, 0.05) is 44.3 Å². The Balaban J connectivity index is 1.34. The Morgan fingerprint density at radius 3 is 2.14 bits per heavy atom. The minimum Gasteiger partial charge on any atom is -0.455 e. The van der Waals surface area contributed by atoms with Gasteiger partial charge in [0.25, 0.3) is 0 Å². The quantitative estimate of drug-likeness (QED) is 0.235. The van der Waals surface area contributed by atoms with E-state index in [2.05, 4.69) is 97.1 Å². The molecule has 0 fully saturated rings. The number of para-hydroxylation sites is 3. The average molecular weight is 473 g/mol. The number of benzene rings is 5. The van der Waals surface area contributed by atoms with E-state index >= 15 is 0 Å². The summed E-state index contributed by atoms with van der Waals surface area (Å²) in [5.41, 5.74) is 7.85. The van der Waals surface area contributed by atoms with Crippen LogP contribution >= 0.6 is 0 Å². The zero-order chi connectivity index (χ0) is 24.3. The van der Waals surface area contributed by atoms with Crippen LogP contribution in [-0.2, 0) is 0 Å². The standard InChI is InChI=1S/C34H20N2O/c1-2-9-24-23(8-1)20-35-33-31(24)28-11-3-5-14-29(28)36-32(33)22-18-16-21(17-19-22)25-12-7-13-27-26-10-4-6-15-30(26)37-34(25)27/h1-20H. The van der Waals surface area contributed by atoms with Crippen LogP contribution in [0.2, 0.25) is 0 Å². The van der Waals surface area contributed by atoms with Crippen molar-refractivity contribution in [3.8, 4) is 22.4 Å². The van der Waals surface area contributed by atoms with Crippen molar-refractivity contribution in [2.45, 2.75) is 0 Å². The smallest absolute Gasteiger partial charge is 0.143 e. The highest BCUT2D eigenvalue weighted by molar-refractivity contribution is 6.20.